The molecule has 0 spiro atoms. The van der Waals surface area contributed by atoms with Gasteiger partial charge in [-0.1, -0.05) is 6.07 Å². The van der Waals surface area contributed by atoms with Gasteiger partial charge in [0.15, 0.2) is 5.69 Å². The summed E-state index contributed by atoms with van der Waals surface area (Å²) >= 11 is 0. The Hall–Kier alpha value is -2.85. The van der Waals surface area contributed by atoms with Gasteiger partial charge in [-0.2, -0.15) is 18.3 Å². The third kappa shape index (κ3) is 4.28. The van der Waals surface area contributed by atoms with Crippen molar-refractivity contribution in [3.05, 3.63) is 59.8 Å². The minimum Gasteiger partial charge on any atom is -0.377 e. The summed E-state index contributed by atoms with van der Waals surface area (Å²) in [6, 6.07) is 11.5. The highest BCUT2D eigenvalue weighted by molar-refractivity contribution is 7.89. The lowest BCUT2D eigenvalue weighted by Gasteiger charge is -2.17. The fourth-order valence-electron chi connectivity index (χ4n) is 3.02. The molecule has 0 saturated heterocycles. The van der Waals surface area contributed by atoms with Gasteiger partial charge in [-0.05, 0) is 55.0 Å². The van der Waals surface area contributed by atoms with Crippen molar-refractivity contribution < 1.29 is 21.6 Å². The molecule has 2 N–H and O–H groups in total. The Bertz CT molecular complexity index is 1150. The van der Waals surface area contributed by atoms with Gasteiger partial charge in [0, 0.05) is 25.3 Å². The number of aryl methyl sites for hydroxylation is 1. The number of anilines is 1. The second kappa shape index (κ2) is 7.20. The first kappa shape index (κ1) is 20.9. The van der Waals surface area contributed by atoms with Gasteiger partial charge in [0.1, 0.15) is 0 Å². The van der Waals surface area contributed by atoms with E-state index < -0.39 is 21.9 Å². The predicted octanol–water partition coefficient (Wildman–Crippen LogP) is 3.58. The standard InChI is InChI=1S/C19H19F3N4O2S/c1-12-10-13(4-9-16(12)25(2)3)17-11-18(19(20,21)22)24-26(17)14-5-7-15(8-6-14)29(23,27)28/h4-11H,1-3H3,(H2,23,27,28). The van der Waals surface area contributed by atoms with Crippen LogP contribution in [0.3, 0.4) is 0 Å². The quantitative estimate of drug-likeness (QED) is 0.694. The van der Waals surface area contributed by atoms with Crippen molar-refractivity contribution in [2.24, 2.45) is 5.14 Å². The number of sulfonamides is 1. The normalized spacial score (nSPS) is 12.2. The van der Waals surface area contributed by atoms with Crippen LogP contribution in [-0.2, 0) is 16.2 Å². The molecule has 0 bridgehead atoms. The number of benzene rings is 2. The molecule has 3 rings (SSSR count). The van der Waals surface area contributed by atoms with Gasteiger partial charge in [-0.25, -0.2) is 18.2 Å². The second-order valence-electron chi connectivity index (χ2n) is 6.76. The minimum atomic E-state index is -4.63. The van der Waals surface area contributed by atoms with Crippen LogP contribution in [0.5, 0.6) is 0 Å². The molecular weight excluding hydrogens is 405 g/mol. The lowest BCUT2D eigenvalue weighted by molar-refractivity contribution is -0.141. The number of nitrogens with two attached hydrogens (primary N) is 1. The molecule has 0 fully saturated rings. The van der Waals surface area contributed by atoms with Crippen LogP contribution in [-0.4, -0.2) is 32.3 Å². The summed E-state index contributed by atoms with van der Waals surface area (Å²) in [7, 11) is -0.163. The van der Waals surface area contributed by atoms with Crippen LogP contribution in [0.1, 0.15) is 11.3 Å². The van der Waals surface area contributed by atoms with E-state index in [1.54, 1.807) is 12.1 Å². The summed E-state index contributed by atoms with van der Waals surface area (Å²) in [5.41, 5.74) is 1.84. The van der Waals surface area contributed by atoms with E-state index >= 15 is 0 Å². The Morgan fingerprint density at radius 2 is 1.66 bits per heavy atom. The zero-order valence-electron chi connectivity index (χ0n) is 15.9. The first-order valence-corrected chi connectivity index (χ1v) is 10.0. The molecule has 0 amide bonds. The fourth-order valence-corrected chi connectivity index (χ4v) is 3.53. The van der Waals surface area contributed by atoms with Crippen molar-refractivity contribution in [1.29, 1.82) is 0 Å². The number of aromatic nitrogens is 2. The highest BCUT2D eigenvalue weighted by atomic mass is 32.2. The molecule has 29 heavy (non-hydrogen) atoms. The van der Waals surface area contributed by atoms with Crippen molar-refractivity contribution in [2.45, 2.75) is 18.0 Å². The summed E-state index contributed by atoms with van der Waals surface area (Å²) in [6.45, 7) is 1.87. The van der Waals surface area contributed by atoms with Gasteiger partial charge in [-0.15, -0.1) is 0 Å². The summed E-state index contributed by atoms with van der Waals surface area (Å²) in [4.78, 5) is 1.76. The number of hydrogen-bond donors (Lipinski definition) is 1. The van der Waals surface area contributed by atoms with Crippen LogP contribution in [0.2, 0.25) is 0 Å². The van der Waals surface area contributed by atoms with E-state index in [0.29, 0.717) is 5.56 Å². The van der Waals surface area contributed by atoms with Crippen LogP contribution < -0.4 is 10.0 Å². The first-order chi connectivity index (χ1) is 13.4. The molecule has 0 unspecified atom stereocenters. The molecule has 1 heterocycles. The monoisotopic (exact) mass is 424 g/mol. The highest BCUT2D eigenvalue weighted by Gasteiger charge is 2.35. The number of nitrogens with zero attached hydrogens (tertiary/aromatic N) is 3. The third-order valence-electron chi connectivity index (χ3n) is 4.38. The molecule has 0 radical (unpaired) electrons. The lowest BCUT2D eigenvalue weighted by atomic mass is 10.1. The number of rotatable bonds is 4. The second-order valence-corrected chi connectivity index (χ2v) is 8.32. The summed E-state index contributed by atoms with van der Waals surface area (Å²) in [5.74, 6) is 0. The summed E-state index contributed by atoms with van der Waals surface area (Å²) < 4.78 is 63.9. The number of halogens is 3. The van der Waals surface area contributed by atoms with Crippen LogP contribution in [0.25, 0.3) is 16.9 Å². The van der Waals surface area contributed by atoms with Crippen molar-refractivity contribution in [2.75, 3.05) is 19.0 Å². The van der Waals surface area contributed by atoms with E-state index in [1.165, 1.54) is 24.3 Å². The molecule has 2 aromatic carbocycles. The number of alkyl halides is 3. The molecule has 0 saturated carbocycles. The average Bonchev–Trinajstić information content (AvgIpc) is 3.06. The summed E-state index contributed by atoms with van der Waals surface area (Å²) in [5, 5.41) is 8.79. The Balaban J connectivity index is 2.17. The maximum Gasteiger partial charge on any atom is 0.435 e. The average molecular weight is 424 g/mol. The van der Waals surface area contributed by atoms with E-state index in [9.17, 15) is 21.6 Å². The van der Waals surface area contributed by atoms with Gasteiger partial charge in [0.05, 0.1) is 16.3 Å². The topological polar surface area (TPSA) is 81.2 Å². The maximum atomic E-state index is 13.3. The Morgan fingerprint density at radius 3 is 2.14 bits per heavy atom. The molecule has 6 nitrogen and oxygen atoms in total. The lowest BCUT2D eigenvalue weighted by Crippen LogP contribution is -2.12. The van der Waals surface area contributed by atoms with E-state index in [2.05, 4.69) is 5.10 Å². The Morgan fingerprint density at radius 1 is 1.03 bits per heavy atom. The van der Waals surface area contributed by atoms with E-state index in [-0.39, 0.29) is 16.3 Å². The number of primary sulfonamides is 1. The largest absolute Gasteiger partial charge is 0.435 e. The molecule has 3 aromatic rings. The molecule has 0 atom stereocenters. The van der Waals surface area contributed by atoms with Crippen molar-refractivity contribution in [3.63, 3.8) is 0 Å². The van der Waals surface area contributed by atoms with Gasteiger partial charge in [0.2, 0.25) is 10.0 Å². The minimum absolute atomic E-state index is 0.141. The molecule has 1 aromatic heterocycles. The van der Waals surface area contributed by atoms with Gasteiger partial charge < -0.3 is 4.90 Å². The predicted molar refractivity (Wildman–Crippen MR) is 104 cm³/mol. The van der Waals surface area contributed by atoms with Gasteiger partial charge in [0.25, 0.3) is 0 Å². The fraction of sp³-hybridized carbons (Fsp3) is 0.211. The number of hydrogen-bond acceptors (Lipinski definition) is 4. The van der Waals surface area contributed by atoms with E-state index in [4.69, 9.17) is 5.14 Å². The van der Waals surface area contributed by atoms with Crippen molar-refractivity contribution in [3.8, 4) is 16.9 Å². The maximum absolute atomic E-state index is 13.3. The smallest absolute Gasteiger partial charge is 0.377 e. The van der Waals surface area contributed by atoms with Crippen molar-refractivity contribution >= 4 is 15.7 Å². The van der Waals surface area contributed by atoms with E-state index in [0.717, 1.165) is 22.0 Å². The molecular formula is C19H19F3N4O2S. The first-order valence-electron chi connectivity index (χ1n) is 8.47. The third-order valence-corrected chi connectivity index (χ3v) is 5.31. The molecule has 10 heteroatoms. The van der Waals surface area contributed by atoms with E-state index in [1.807, 2.05) is 32.0 Å². The van der Waals surface area contributed by atoms with Gasteiger partial charge in [-0.3, -0.25) is 0 Å². The van der Waals surface area contributed by atoms with Crippen molar-refractivity contribution in [1.82, 2.24) is 9.78 Å². The zero-order chi connectivity index (χ0) is 21.6. The summed E-state index contributed by atoms with van der Waals surface area (Å²) in [6.07, 6.45) is -4.63. The highest BCUT2D eigenvalue weighted by Crippen LogP contribution is 2.34. The Kier molecular flexibility index (Phi) is 5.18. The zero-order valence-corrected chi connectivity index (χ0v) is 16.7. The van der Waals surface area contributed by atoms with Gasteiger partial charge >= 0.3 is 6.18 Å². The molecule has 0 aliphatic heterocycles. The Labute approximate surface area is 166 Å². The van der Waals surface area contributed by atoms with Crippen LogP contribution in [0.4, 0.5) is 18.9 Å². The molecule has 154 valence electrons. The van der Waals surface area contributed by atoms with Crippen LogP contribution >= 0.6 is 0 Å². The molecule has 0 aliphatic rings. The van der Waals surface area contributed by atoms with Crippen LogP contribution in [0.15, 0.2) is 53.4 Å². The molecule has 0 aliphatic carbocycles. The van der Waals surface area contributed by atoms with Crippen LogP contribution in [0, 0.1) is 6.92 Å². The SMILES string of the molecule is Cc1cc(-c2cc(C(F)(F)F)nn2-c2ccc(S(N)(=O)=O)cc2)ccc1N(C)C.